The summed E-state index contributed by atoms with van der Waals surface area (Å²) in [5.41, 5.74) is 3.39. The summed E-state index contributed by atoms with van der Waals surface area (Å²) in [4.78, 5) is 34.4. The highest BCUT2D eigenvalue weighted by Gasteiger charge is 2.27. The van der Waals surface area contributed by atoms with E-state index in [2.05, 4.69) is 13.8 Å². The van der Waals surface area contributed by atoms with Gasteiger partial charge in [0.05, 0.1) is 29.2 Å². The fourth-order valence-corrected chi connectivity index (χ4v) is 4.99. The van der Waals surface area contributed by atoms with Crippen LogP contribution in [0.5, 0.6) is 0 Å². The number of unbranched alkanes of at least 4 members (excludes halogenated alkanes) is 3. The second kappa shape index (κ2) is 13.9. The minimum Gasteiger partial charge on any atom is -0.367 e. The Labute approximate surface area is 231 Å². The number of benzene rings is 3. The van der Waals surface area contributed by atoms with E-state index in [1.54, 1.807) is 4.57 Å². The molecule has 1 aromatic heterocycles. The average molecular weight is 526 g/mol. The van der Waals surface area contributed by atoms with Gasteiger partial charge in [-0.15, -0.1) is 0 Å². The Morgan fingerprint density at radius 1 is 0.923 bits per heavy atom. The molecular formula is C33H39N3O3. The molecule has 6 heteroatoms. The summed E-state index contributed by atoms with van der Waals surface area (Å²) in [5.74, 6) is 0.458. The van der Waals surface area contributed by atoms with E-state index in [1.807, 2.05) is 90.7 Å². The number of nitrogens with zero attached hydrogens (tertiary/aromatic N) is 3. The number of hydrogen-bond donors (Lipinski definition) is 0. The predicted octanol–water partition coefficient (Wildman–Crippen LogP) is 6.63. The van der Waals surface area contributed by atoms with Gasteiger partial charge < -0.3 is 9.64 Å². The van der Waals surface area contributed by atoms with Crippen molar-refractivity contribution in [3.05, 3.63) is 106 Å². The smallest absolute Gasteiger partial charge is 0.266 e. The lowest BCUT2D eigenvalue weighted by molar-refractivity contribution is -0.139. The second-order valence-electron chi connectivity index (χ2n) is 9.91. The topological polar surface area (TPSA) is 64.4 Å². The van der Waals surface area contributed by atoms with Crippen molar-refractivity contribution in [1.29, 1.82) is 0 Å². The zero-order valence-electron chi connectivity index (χ0n) is 23.3. The molecule has 0 N–H and O–H groups in total. The van der Waals surface area contributed by atoms with Crippen molar-refractivity contribution in [1.82, 2.24) is 14.5 Å². The number of carbonyl (C=O) groups excluding carboxylic acids is 1. The average Bonchev–Trinajstić information content (AvgIpc) is 2.97. The Hall–Kier alpha value is -3.77. The van der Waals surface area contributed by atoms with Crippen LogP contribution < -0.4 is 5.56 Å². The van der Waals surface area contributed by atoms with Crippen LogP contribution in [0, 0.1) is 0 Å². The summed E-state index contributed by atoms with van der Waals surface area (Å²) in [6, 6.07) is 24.8. The fraction of sp³-hybridized carbons (Fsp3) is 0.364. The predicted molar refractivity (Wildman–Crippen MR) is 157 cm³/mol. The van der Waals surface area contributed by atoms with Crippen molar-refractivity contribution in [3.8, 4) is 5.69 Å². The van der Waals surface area contributed by atoms with E-state index >= 15 is 0 Å². The minimum atomic E-state index is -0.429. The van der Waals surface area contributed by atoms with Gasteiger partial charge in [0, 0.05) is 6.54 Å². The normalized spacial score (nSPS) is 12.0. The highest BCUT2D eigenvalue weighted by molar-refractivity contribution is 5.79. The maximum atomic E-state index is 13.9. The van der Waals surface area contributed by atoms with Crippen molar-refractivity contribution < 1.29 is 9.53 Å². The summed E-state index contributed by atoms with van der Waals surface area (Å²) in [5, 5.41) is 0.561. The van der Waals surface area contributed by atoms with Crippen LogP contribution in [0.1, 0.15) is 69.4 Å². The Bertz CT molecular complexity index is 1430. The first kappa shape index (κ1) is 28.2. The van der Waals surface area contributed by atoms with Gasteiger partial charge in [-0.05, 0) is 49.1 Å². The molecule has 0 aliphatic heterocycles. The lowest BCUT2D eigenvalue weighted by Crippen LogP contribution is -2.40. The quantitative estimate of drug-likeness (QED) is 0.184. The highest BCUT2D eigenvalue weighted by Crippen LogP contribution is 2.25. The number of para-hydroxylation sites is 2. The SMILES string of the molecule is CCCCCCN(C(=O)COCc1ccccc1)C(C)c1nc2ccccc2c(=O)n1-c1ccccc1CC. The van der Waals surface area contributed by atoms with Crippen molar-refractivity contribution >= 4 is 16.8 Å². The molecule has 0 fully saturated rings. The largest absolute Gasteiger partial charge is 0.367 e. The van der Waals surface area contributed by atoms with Crippen molar-refractivity contribution in [2.45, 2.75) is 65.5 Å². The van der Waals surface area contributed by atoms with E-state index in [0.717, 1.165) is 48.9 Å². The number of carbonyl (C=O) groups is 1. The molecule has 1 unspecified atom stereocenters. The van der Waals surface area contributed by atoms with E-state index in [9.17, 15) is 9.59 Å². The van der Waals surface area contributed by atoms with Crippen LogP contribution in [0.15, 0.2) is 83.7 Å². The third-order valence-electron chi connectivity index (χ3n) is 7.17. The molecule has 0 saturated heterocycles. The summed E-state index contributed by atoms with van der Waals surface area (Å²) in [7, 11) is 0. The summed E-state index contributed by atoms with van der Waals surface area (Å²) < 4.78 is 7.55. The van der Waals surface area contributed by atoms with Crippen LogP contribution in [0.3, 0.4) is 0 Å². The summed E-state index contributed by atoms with van der Waals surface area (Å²) in [6.07, 6.45) is 4.92. The number of amides is 1. The summed E-state index contributed by atoms with van der Waals surface area (Å²) in [6.45, 7) is 7.13. The van der Waals surface area contributed by atoms with Gasteiger partial charge in [-0.25, -0.2) is 4.98 Å². The molecule has 4 aromatic rings. The van der Waals surface area contributed by atoms with Crippen LogP contribution >= 0.6 is 0 Å². The molecule has 0 aliphatic rings. The number of fused-ring (bicyclic) bond motifs is 1. The first-order valence-electron chi connectivity index (χ1n) is 14.1. The maximum absolute atomic E-state index is 13.9. The van der Waals surface area contributed by atoms with Crippen LogP contribution in [-0.2, 0) is 22.6 Å². The lowest BCUT2D eigenvalue weighted by Gasteiger charge is -2.31. The number of aryl methyl sites for hydroxylation is 1. The van der Waals surface area contributed by atoms with Gasteiger partial charge in [-0.1, -0.05) is 93.8 Å². The van der Waals surface area contributed by atoms with Crippen molar-refractivity contribution in [2.24, 2.45) is 0 Å². The number of ether oxygens (including phenoxy) is 1. The molecule has 0 bridgehead atoms. The lowest BCUT2D eigenvalue weighted by atomic mass is 10.1. The molecule has 0 saturated carbocycles. The van der Waals surface area contributed by atoms with Gasteiger partial charge >= 0.3 is 0 Å². The monoisotopic (exact) mass is 525 g/mol. The molecular weight excluding hydrogens is 486 g/mol. The van der Waals surface area contributed by atoms with Gasteiger partial charge in [0.25, 0.3) is 5.56 Å². The van der Waals surface area contributed by atoms with E-state index in [4.69, 9.17) is 9.72 Å². The van der Waals surface area contributed by atoms with E-state index in [-0.39, 0.29) is 18.1 Å². The minimum absolute atomic E-state index is 0.0314. The zero-order chi connectivity index (χ0) is 27.6. The molecule has 1 atom stereocenters. The third kappa shape index (κ3) is 6.82. The standard InChI is InChI=1S/C33H39N3O3/c1-4-6-7-15-22-35(31(37)24-39-23-26-16-9-8-10-17-26)25(3)32-34-29-20-13-12-19-28(29)33(38)36(32)30-21-14-11-18-27(30)5-2/h8-14,16-21,25H,4-7,15,22-24H2,1-3H3. The molecule has 39 heavy (non-hydrogen) atoms. The van der Waals surface area contributed by atoms with Crippen LogP contribution in [0.2, 0.25) is 0 Å². The molecule has 4 rings (SSSR count). The van der Waals surface area contributed by atoms with E-state index in [0.29, 0.717) is 29.9 Å². The third-order valence-corrected chi connectivity index (χ3v) is 7.17. The Morgan fingerprint density at radius 3 is 2.41 bits per heavy atom. The Kier molecular flexibility index (Phi) is 10.0. The molecule has 0 radical (unpaired) electrons. The Balaban J connectivity index is 1.72. The molecule has 3 aromatic carbocycles. The van der Waals surface area contributed by atoms with E-state index in [1.165, 1.54) is 0 Å². The second-order valence-corrected chi connectivity index (χ2v) is 9.91. The van der Waals surface area contributed by atoms with Gasteiger partial charge in [-0.2, -0.15) is 0 Å². The maximum Gasteiger partial charge on any atom is 0.266 e. The number of hydrogen-bond acceptors (Lipinski definition) is 4. The number of rotatable bonds is 13. The van der Waals surface area contributed by atoms with Gasteiger partial charge in [0.2, 0.25) is 5.91 Å². The summed E-state index contributed by atoms with van der Waals surface area (Å²) >= 11 is 0. The zero-order valence-corrected chi connectivity index (χ0v) is 23.3. The number of aromatic nitrogens is 2. The van der Waals surface area contributed by atoms with Gasteiger partial charge in [-0.3, -0.25) is 14.2 Å². The van der Waals surface area contributed by atoms with E-state index < -0.39 is 6.04 Å². The fourth-order valence-electron chi connectivity index (χ4n) is 4.99. The van der Waals surface area contributed by atoms with Crippen molar-refractivity contribution in [2.75, 3.05) is 13.2 Å². The van der Waals surface area contributed by atoms with Crippen LogP contribution in [0.25, 0.3) is 16.6 Å². The molecule has 0 spiro atoms. The Morgan fingerprint density at radius 2 is 1.64 bits per heavy atom. The molecule has 6 nitrogen and oxygen atoms in total. The first-order valence-corrected chi connectivity index (χ1v) is 14.1. The highest BCUT2D eigenvalue weighted by atomic mass is 16.5. The van der Waals surface area contributed by atoms with Gasteiger partial charge in [0.1, 0.15) is 12.4 Å². The molecule has 1 heterocycles. The van der Waals surface area contributed by atoms with Crippen LogP contribution in [-0.4, -0.2) is 33.5 Å². The first-order chi connectivity index (χ1) is 19.0. The van der Waals surface area contributed by atoms with Gasteiger partial charge in [0.15, 0.2) is 0 Å². The van der Waals surface area contributed by atoms with Crippen LogP contribution in [0.4, 0.5) is 0 Å². The molecule has 1 amide bonds. The molecule has 204 valence electrons. The van der Waals surface area contributed by atoms with Crippen molar-refractivity contribution in [3.63, 3.8) is 0 Å². The molecule has 0 aliphatic carbocycles.